The van der Waals surface area contributed by atoms with E-state index in [1.54, 1.807) is 13.8 Å². The van der Waals surface area contributed by atoms with Gasteiger partial charge in [0.25, 0.3) is 0 Å². The van der Waals surface area contributed by atoms with Crippen LogP contribution in [0.3, 0.4) is 0 Å². The SMILES string of the molecule is CC(=O)Oc1cc(C)c(C(=O)O)c(C)c1. The van der Waals surface area contributed by atoms with Gasteiger partial charge in [-0.05, 0) is 37.1 Å². The number of carbonyl (C=O) groups is 2. The third kappa shape index (κ3) is 2.56. The lowest BCUT2D eigenvalue weighted by atomic mass is 10.0. The highest BCUT2D eigenvalue weighted by Gasteiger charge is 2.12. The standard InChI is InChI=1S/C11H12O4/c1-6-4-9(15-8(3)12)5-7(2)10(6)11(13)14/h4-5H,1-3H3,(H,13,14). The molecule has 0 amide bonds. The predicted molar refractivity (Wildman–Crippen MR) is 54.2 cm³/mol. The van der Waals surface area contributed by atoms with Gasteiger partial charge >= 0.3 is 11.9 Å². The largest absolute Gasteiger partial charge is 0.478 e. The molecule has 0 saturated heterocycles. The second-order valence-electron chi connectivity index (χ2n) is 3.33. The Kier molecular flexibility index (Phi) is 3.09. The monoisotopic (exact) mass is 208 g/mol. The normalized spacial score (nSPS) is 9.80. The van der Waals surface area contributed by atoms with Gasteiger partial charge < -0.3 is 9.84 Å². The number of carbonyl (C=O) groups excluding carboxylic acids is 1. The van der Waals surface area contributed by atoms with Crippen molar-refractivity contribution < 1.29 is 19.4 Å². The summed E-state index contributed by atoms with van der Waals surface area (Å²) in [5.41, 5.74) is 1.42. The van der Waals surface area contributed by atoms with Crippen molar-refractivity contribution >= 4 is 11.9 Å². The highest BCUT2D eigenvalue weighted by Crippen LogP contribution is 2.21. The fourth-order valence-corrected chi connectivity index (χ4v) is 1.49. The van der Waals surface area contributed by atoms with Crippen molar-refractivity contribution in [2.24, 2.45) is 0 Å². The van der Waals surface area contributed by atoms with Crippen molar-refractivity contribution in [1.29, 1.82) is 0 Å². The van der Waals surface area contributed by atoms with Gasteiger partial charge in [-0.25, -0.2) is 4.79 Å². The Morgan fingerprint density at radius 2 is 1.67 bits per heavy atom. The summed E-state index contributed by atoms with van der Waals surface area (Å²) in [5, 5.41) is 8.91. The zero-order valence-corrected chi connectivity index (χ0v) is 8.83. The first-order valence-electron chi connectivity index (χ1n) is 4.44. The first-order chi connectivity index (χ1) is 6.91. The number of hydrogen-bond acceptors (Lipinski definition) is 3. The van der Waals surface area contributed by atoms with Gasteiger partial charge in [-0.15, -0.1) is 0 Å². The van der Waals surface area contributed by atoms with Crippen LogP contribution < -0.4 is 4.74 Å². The summed E-state index contributed by atoms with van der Waals surface area (Å²) in [7, 11) is 0. The van der Waals surface area contributed by atoms with E-state index in [2.05, 4.69) is 0 Å². The molecule has 1 aromatic carbocycles. The van der Waals surface area contributed by atoms with Crippen molar-refractivity contribution in [3.8, 4) is 5.75 Å². The molecular formula is C11H12O4. The molecule has 4 heteroatoms. The molecule has 80 valence electrons. The molecule has 0 radical (unpaired) electrons. The van der Waals surface area contributed by atoms with Crippen LogP contribution >= 0.6 is 0 Å². The van der Waals surface area contributed by atoms with Crippen LogP contribution in [0.15, 0.2) is 12.1 Å². The summed E-state index contributed by atoms with van der Waals surface area (Å²) in [6.45, 7) is 4.64. The van der Waals surface area contributed by atoms with E-state index >= 15 is 0 Å². The van der Waals surface area contributed by atoms with Gasteiger partial charge in [0, 0.05) is 6.92 Å². The average molecular weight is 208 g/mol. The maximum Gasteiger partial charge on any atom is 0.336 e. The van der Waals surface area contributed by atoms with E-state index in [1.165, 1.54) is 19.1 Å². The molecule has 0 aromatic heterocycles. The summed E-state index contributed by atoms with van der Waals surface area (Å²) in [4.78, 5) is 21.6. The summed E-state index contributed by atoms with van der Waals surface area (Å²) >= 11 is 0. The minimum atomic E-state index is -0.973. The van der Waals surface area contributed by atoms with E-state index < -0.39 is 11.9 Å². The van der Waals surface area contributed by atoms with Crippen molar-refractivity contribution in [3.63, 3.8) is 0 Å². The van der Waals surface area contributed by atoms with Gasteiger partial charge in [0.15, 0.2) is 0 Å². The average Bonchev–Trinajstić information content (AvgIpc) is 1.99. The lowest BCUT2D eigenvalue weighted by Gasteiger charge is -2.08. The lowest BCUT2D eigenvalue weighted by molar-refractivity contribution is -0.131. The molecule has 0 aliphatic carbocycles. The van der Waals surface area contributed by atoms with Crippen molar-refractivity contribution in [1.82, 2.24) is 0 Å². The molecule has 0 aliphatic heterocycles. The topological polar surface area (TPSA) is 63.6 Å². The van der Waals surface area contributed by atoms with E-state index in [0.29, 0.717) is 16.9 Å². The molecule has 0 spiro atoms. The molecule has 1 rings (SSSR count). The van der Waals surface area contributed by atoms with Gasteiger partial charge in [-0.1, -0.05) is 0 Å². The quantitative estimate of drug-likeness (QED) is 0.595. The molecule has 0 atom stereocenters. The van der Waals surface area contributed by atoms with E-state index in [1.807, 2.05) is 0 Å². The van der Waals surface area contributed by atoms with E-state index in [0.717, 1.165) is 0 Å². The van der Waals surface area contributed by atoms with E-state index in [9.17, 15) is 9.59 Å². The predicted octanol–water partition coefficient (Wildman–Crippen LogP) is 1.93. The van der Waals surface area contributed by atoms with Gasteiger partial charge in [0.2, 0.25) is 0 Å². The Morgan fingerprint density at radius 1 is 1.20 bits per heavy atom. The van der Waals surface area contributed by atoms with Crippen LogP contribution in [0.2, 0.25) is 0 Å². The number of esters is 1. The Morgan fingerprint density at radius 3 is 2.00 bits per heavy atom. The molecule has 15 heavy (non-hydrogen) atoms. The summed E-state index contributed by atoms with van der Waals surface area (Å²) in [6.07, 6.45) is 0. The molecule has 0 aliphatic rings. The second-order valence-corrected chi connectivity index (χ2v) is 3.33. The molecule has 0 saturated carbocycles. The fraction of sp³-hybridized carbons (Fsp3) is 0.273. The Bertz CT molecular complexity index is 398. The zero-order valence-electron chi connectivity index (χ0n) is 8.83. The minimum Gasteiger partial charge on any atom is -0.478 e. The van der Waals surface area contributed by atoms with Crippen molar-refractivity contribution in [3.05, 3.63) is 28.8 Å². The number of rotatable bonds is 2. The van der Waals surface area contributed by atoms with Crippen LogP contribution in [0.5, 0.6) is 5.75 Å². The van der Waals surface area contributed by atoms with Crippen LogP contribution in [0.4, 0.5) is 0 Å². The molecule has 4 nitrogen and oxygen atoms in total. The number of benzene rings is 1. The fourth-order valence-electron chi connectivity index (χ4n) is 1.49. The summed E-state index contributed by atoms with van der Waals surface area (Å²) in [5.74, 6) is -1.02. The van der Waals surface area contributed by atoms with Crippen LogP contribution in [-0.2, 0) is 4.79 Å². The summed E-state index contributed by atoms with van der Waals surface area (Å²) in [6, 6.07) is 3.08. The number of carboxylic acid groups (broad SMARTS) is 1. The minimum absolute atomic E-state index is 0.255. The number of ether oxygens (including phenoxy) is 1. The molecule has 0 unspecified atom stereocenters. The van der Waals surface area contributed by atoms with Crippen molar-refractivity contribution in [2.75, 3.05) is 0 Å². The highest BCUT2D eigenvalue weighted by molar-refractivity contribution is 5.91. The third-order valence-electron chi connectivity index (χ3n) is 1.98. The number of aryl methyl sites for hydroxylation is 2. The van der Waals surface area contributed by atoms with Gasteiger partial charge in [-0.2, -0.15) is 0 Å². The molecule has 1 aromatic rings. The van der Waals surface area contributed by atoms with Gasteiger partial charge in [-0.3, -0.25) is 4.79 Å². The van der Waals surface area contributed by atoms with Crippen LogP contribution in [0.1, 0.15) is 28.4 Å². The Balaban J connectivity index is 3.19. The highest BCUT2D eigenvalue weighted by atomic mass is 16.5. The third-order valence-corrected chi connectivity index (χ3v) is 1.98. The molecule has 0 fully saturated rings. The molecule has 1 N–H and O–H groups in total. The summed E-state index contributed by atoms with van der Waals surface area (Å²) < 4.78 is 4.88. The maximum absolute atomic E-state index is 10.9. The second kappa shape index (κ2) is 4.13. The number of hydrogen-bond donors (Lipinski definition) is 1. The van der Waals surface area contributed by atoms with E-state index in [4.69, 9.17) is 9.84 Å². The van der Waals surface area contributed by atoms with Gasteiger partial charge in [0.05, 0.1) is 5.56 Å². The number of carboxylic acids is 1. The molecular weight excluding hydrogens is 196 g/mol. The lowest BCUT2D eigenvalue weighted by Crippen LogP contribution is -2.06. The van der Waals surface area contributed by atoms with E-state index in [-0.39, 0.29) is 5.56 Å². The maximum atomic E-state index is 10.9. The smallest absolute Gasteiger partial charge is 0.336 e. The van der Waals surface area contributed by atoms with Crippen LogP contribution in [-0.4, -0.2) is 17.0 Å². The van der Waals surface area contributed by atoms with Crippen molar-refractivity contribution in [2.45, 2.75) is 20.8 Å². The van der Waals surface area contributed by atoms with Gasteiger partial charge in [0.1, 0.15) is 5.75 Å². The Labute approximate surface area is 87.5 Å². The molecule has 0 heterocycles. The Hall–Kier alpha value is -1.84. The van der Waals surface area contributed by atoms with Crippen LogP contribution in [0.25, 0.3) is 0 Å². The van der Waals surface area contributed by atoms with Crippen LogP contribution in [0, 0.1) is 13.8 Å². The first-order valence-corrected chi connectivity index (χ1v) is 4.44. The first kappa shape index (κ1) is 11.2. The zero-order chi connectivity index (χ0) is 11.6. The number of aromatic carboxylic acids is 1. The molecule has 0 bridgehead atoms.